The summed E-state index contributed by atoms with van der Waals surface area (Å²) in [5.41, 5.74) is 2.47. The first-order valence-corrected chi connectivity index (χ1v) is 5.65. The van der Waals surface area contributed by atoms with Crippen LogP contribution in [0.3, 0.4) is 0 Å². The van der Waals surface area contributed by atoms with Crippen LogP contribution in [0.4, 0.5) is 0 Å². The van der Waals surface area contributed by atoms with Crippen molar-refractivity contribution in [1.82, 2.24) is 0 Å². The molecule has 0 fully saturated rings. The highest BCUT2D eigenvalue weighted by atomic mass is 32.2. The molecule has 3 rings (SSSR count). The number of para-hydroxylation sites is 1. The molecule has 0 radical (unpaired) electrons. The molecule has 0 atom stereocenters. The number of allylic oxidation sites excluding steroid dienone is 2. The molecule has 0 bridgehead atoms. The molecule has 0 N–H and O–H groups in total. The Morgan fingerprint density at radius 1 is 1.14 bits per heavy atom. The van der Waals surface area contributed by atoms with Gasteiger partial charge < -0.3 is 0 Å². The SMILES string of the molecule is C1=C2CSC=C2N=c2ccccc2=C1. The van der Waals surface area contributed by atoms with Crippen molar-refractivity contribution in [1.29, 1.82) is 0 Å². The molecule has 1 nitrogen and oxygen atoms in total. The predicted octanol–water partition coefficient (Wildman–Crippen LogP) is 1.61. The largest absolute Gasteiger partial charge is 0.248 e. The van der Waals surface area contributed by atoms with Crippen LogP contribution in [0.15, 0.2) is 52.0 Å². The Morgan fingerprint density at radius 3 is 3.07 bits per heavy atom. The van der Waals surface area contributed by atoms with Gasteiger partial charge in [-0.15, -0.1) is 11.8 Å². The third-order valence-corrected chi connectivity index (χ3v) is 3.27. The molecule has 2 aliphatic heterocycles. The quantitative estimate of drug-likeness (QED) is 0.618. The second kappa shape index (κ2) is 3.14. The summed E-state index contributed by atoms with van der Waals surface area (Å²) in [6.07, 6.45) is 4.34. The number of hydrogen-bond donors (Lipinski definition) is 0. The fraction of sp³-hybridized carbons (Fsp3) is 0.0833. The number of nitrogens with zero attached hydrogens (tertiary/aromatic N) is 1. The van der Waals surface area contributed by atoms with Crippen LogP contribution < -0.4 is 10.6 Å². The fourth-order valence-electron chi connectivity index (χ4n) is 1.64. The molecule has 0 aliphatic carbocycles. The second-order valence-electron chi connectivity index (χ2n) is 3.34. The predicted molar refractivity (Wildman–Crippen MR) is 60.3 cm³/mol. The van der Waals surface area contributed by atoms with Gasteiger partial charge >= 0.3 is 0 Å². The van der Waals surface area contributed by atoms with Gasteiger partial charge in [-0.1, -0.05) is 30.4 Å². The summed E-state index contributed by atoms with van der Waals surface area (Å²) in [4.78, 5) is 4.64. The number of benzene rings is 1. The van der Waals surface area contributed by atoms with Gasteiger partial charge in [0.25, 0.3) is 0 Å². The average molecular weight is 199 g/mol. The van der Waals surface area contributed by atoms with E-state index in [0.29, 0.717) is 0 Å². The molecule has 14 heavy (non-hydrogen) atoms. The summed E-state index contributed by atoms with van der Waals surface area (Å²) in [6, 6.07) is 8.24. The Balaban J connectivity index is 2.35. The van der Waals surface area contributed by atoms with E-state index in [1.54, 1.807) is 0 Å². The van der Waals surface area contributed by atoms with Crippen LogP contribution in [0.1, 0.15) is 0 Å². The molecular formula is C12H9NS. The fourth-order valence-corrected chi connectivity index (χ4v) is 2.51. The molecule has 0 saturated carbocycles. The topological polar surface area (TPSA) is 12.4 Å². The lowest BCUT2D eigenvalue weighted by Gasteiger charge is -1.93. The molecule has 0 saturated heterocycles. The highest BCUT2D eigenvalue weighted by molar-refractivity contribution is 8.02. The van der Waals surface area contributed by atoms with E-state index in [9.17, 15) is 0 Å². The van der Waals surface area contributed by atoms with Crippen LogP contribution in [0.2, 0.25) is 0 Å². The number of fused-ring (bicyclic) bond motifs is 2. The lowest BCUT2D eigenvalue weighted by atomic mass is 10.2. The van der Waals surface area contributed by atoms with Crippen molar-refractivity contribution in [2.75, 3.05) is 5.75 Å². The van der Waals surface area contributed by atoms with Crippen LogP contribution >= 0.6 is 11.8 Å². The molecule has 2 heterocycles. The lowest BCUT2D eigenvalue weighted by molar-refractivity contribution is 1.22. The molecule has 0 aromatic heterocycles. The van der Waals surface area contributed by atoms with E-state index >= 15 is 0 Å². The monoisotopic (exact) mass is 199 g/mol. The van der Waals surface area contributed by atoms with Crippen LogP contribution in [0, 0.1) is 0 Å². The van der Waals surface area contributed by atoms with E-state index in [2.05, 4.69) is 34.7 Å². The van der Waals surface area contributed by atoms with Gasteiger partial charge in [0.15, 0.2) is 0 Å². The van der Waals surface area contributed by atoms with E-state index in [-0.39, 0.29) is 0 Å². The lowest BCUT2D eigenvalue weighted by Crippen LogP contribution is -2.23. The molecule has 0 amide bonds. The zero-order chi connectivity index (χ0) is 9.38. The van der Waals surface area contributed by atoms with Gasteiger partial charge in [0.1, 0.15) is 0 Å². The molecule has 1 aromatic rings. The van der Waals surface area contributed by atoms with Gasteiger partial charge in [-0.25, -0.2) is 4.99 Å². The molecular weight excluding hydrogens is 190 g/mol. The van der Waals surface area contributed by atoms with E-state index < -0.39 is 0 Å². The second-order valence-corrected chi connectivity index (χ2v) is 4.20. The number of hydrogen-bond acceptors (Lipinski definition) is 2. The Kier molecular flexibility index (Phi) is 1.81. The average Bonchev–Trinajstić information content (AvgIpc) is 2.58. The number of rotatable bonds is 0. The van der Waals surface area contributed by atoms with Crippen molar-refractivity contribution < 1.29 is 0 Å². The standard InChI is InChI=1S/C12H9NS/c1-2-4-11-9(3-1)5-6-10-7-14-8-12(10)13-11/h1-6,8H,7H2. The van der Waals surface area contributed by atoms with Gasteiger partial charge in [0.2, 0.25) is 0 Å². The maximum atomic E-state index is 4.64. The van der Waals surface area contributed by atoms with Crippen molar-refractivity contribution in [3.05, 3.63) is 57.6 Å². The Labute approximate surface area is 86.6 Å². The molecule has 68 valence electrons. The van der Waals surface area contributed by atoms with Gasteiger partial charge in [-0.05, 0) is 17.0 Å². The Hall–Kier alpha value is -1.28. The summed E-state index contributed by atoms with van der Waals surface area (Å²) in [6.45, 7) is 0. The number of thioether (sulfide) groups is 1. The highest BCUT2D eigenvalue weighted by Crippen LogP contribution is 2.28. The zero-order valence-electron chi connectivity index (χ0n) is 7.60. The van der Waals surface area contributed by atoms with Gasteiger partial charge in [-0.3, -0.25) is 0 Å². The smallest absolute Gasteiger partial charge is 0.0740 e. The van der Waals surface area contributed by atoms with Crippen LogP contribution in [0.5, 0.6) is 0 Å². The molecule has 1 aromatic carbocycles. The first kappa shape index (κ1) is 8.06. The minimum atomic E-state index is 1.06. The molecule has 0 spiro atoms. The van der Waals surface area contributed by atoms with E-state index in [1.165, 1.54) is 10.8 Å². The Bertz CT molecular complexity index is 552. The normalized spacial score (nSPS) is 18.0. The van der Waals surface area contributed by atoms with Gasteiger partial charge in [-0.2, -0.15) is 0 Å². The van der Waals surface area contributed by atoms with Crippen LogP contribution in [-0.2, 0) is 0 Å². The summed E-state index contributed by atoms with van der Waals surface area (Å²) < 4.78 is 0. The third kappa shape index (κ3) is 1.23. The Morgan fingerprint density at radius 2 is 2.07 bits per heavy atom. The van der Waals surface area contributed by atoms with Gasteiger partial charge in [0.05, 0.1) is 11.1 Å². The summed E-state index contributed by atoms with van der Waals surface area (Å²) in [5, 5.41) is 4.43. The van der Waals surface area contributed by atoms with E-state index in [1.807, 2.05) is 23.9 Å². The summed E-state index contributed by atoms with van der Waals surface area (Å²) >= 11 is 1.82. The van der Waals surface area contributed by atoms with Crippen molar-refractivity contribution in [2.45, 2.75) is 0 Å². The van der Waals surface area contributed by atoms with Crippen molar-refractivity contribution in [3.8, 4) is 0 Å². The van der Waals surface area contributed by atoms with E-state index in [4.69, 9.17) is 0 Å². The van der Waals surface area contributed by atoms with Crippen LogP contribution in [0.25, 0.3) is 6.08 Å². The van der Waals surface area contributed by atoms with Gasteiger partial charge in [0, 0.05) is 11.0 Å². The highest BCUT2D eigenvalue weighted by Gasteiger charge is 2.11. The first-order chi connectivity index (χ1) is 6.93. The van der Waals surface area contributed by atoms with E-state index in [0.717, 1.165) is 16.8 Å². The molecule has 2 heteroatoms. The summed E-state index contributed by atoms with van der Waals surface area (Å²) in [5.74, 6) is 1.06. The van der Waals surface area contributed by atoms with Crippen molar-refractivity contribution in [2.24, 2.45) is 4.99 Å². The van der Waals surface area contributed by atoms with Crippen LogP contribution in [-0.4, -0.2) is 5.75 Å². The molecule has 2 aliphatic rings. The molecule has 0 unspecified atom stereocenters. The first-order valence-electron chi connectivity index (χ1n) is 4.60. The van der Waals surface area contributed by atoms with Crippen molar-refractivity contribution >= 4 is 17.8 Å². The zero-order valence-corrected chi connectivity index (χ0v) is 8.42. The minimum absolute atomic E-state index is 1.06. The summed E-state index contributed by atoms with van der Waals surface area (Å²) in [7, 11) is 0. The maximum absolute atomic E-state index is 4.64. The van der Waals surface area contributed by atoms with Crippen molar-refractivity contribution in [3.63, 3.8) is 0 Å². The minimum Gasteiger partial charge on any atom is -0.248 e. The third-order valence-electron chi connectivity index (χ3n) is 2.40. The maximum Gasteiger partial charge on any atom is 0.0740 e.